The van der Waals surface area contributed by atoms with Gasteiger partial charge < -0.3 is 10.0 Å². The quantitative estimate of drug-likeness (QED) is 0.680. The van der Waals surface area contributed by atoms with E-state index >= 15 is 0 Å². The van der Waals surface area contributed by atoms with Gasteiger partial charge in [0.25, 0.3) is 0 Å². The Morgan fingerprint density at radius 2 is 1.83 bits per heavy atom. The first-order valence-electron chi connectivity index (χ1n) is 4.90. The number of nitrogens with zero attached hydrogens (tertiary/aromatic N) is 1. The van der Waals surface area contributed by atoms with E-state index in [1.165, 1.54) is 12.8 Å². The fourth-order valence-electron chi connectivity index (χ4n) is 1.71. The Morgan fingerprint density at radius 3 is 2.25 bits per heavy atom. The van der Waals surface area contributed by atoms with Crippen LogP contribution in [-0.4, -0.2) is 35.7 Å². The van der Waals surface area contributed by atoms with Gasteiger partial charge in [0, 0.05) is 6.54 Å². The van der Waals surface area contributed by atoms with Crippen LogP contribution in [0.1, 0.15) is 33.6 Å². The molecule has 72 valence electrons. The Labute approximate surface area is 75.6 Å². The molecule has 0 unspecified atom stereocenters. The van der Waals surface area contributed by atoms with Crippen LogP contribution >= 0.6 is 0 Å². The minimum absolute atomic E-state index is 0.175. The van der Waals surface area contributed by atoms with E-state index in [2.05, 4.69) is 18.7 Å². The number of aliphatic hydroxyl groups is 1. The van der Waals surface area contributed by atoms with E-state index < -0.39 is 0 Å². The number of piperidine rings is 1. The second-order valence-electron chi connectivity index (χ2n) is 4.81. The average molecular weight is 171 g/mol. The third kappa shape index (κ3) is 3.11. The lowest BCUT2D eigenvalue weighted by Crippen LogP contribution is -2.40. The molecule has 1 atom stereocenters. The molecule has 2 nitrogen and oxygen atoms in total. The molecule has 0 aromatic heterocycles. The third-order valence-electron chi connectivity index (χ3n) is 2.73. The molecule has 1 N–H and O–H groups in total. The van der Waals surface area contributed by atoms with Gasteiger partial charge in [-0.15, -0.1) is 0 Å². The summed E-state index contributed by atoms with van der Waals surface area (Å²) in [6.45, 7) is 9.66. The molecule has 0 saturated carbocycles. The van der Waals surface area contributed by atoms with Crippen molar-refractivity contribution in [3.63, 3.8) is 0 Å². The second-order valence-corrected chi connectivity index (χ2v) is 4.81. The van der Waals surface area contributed by atoms with Gasteiger partial charge >= 0.3 is 0 Å². The number of likely N-dealkylation sites (tertiary alicyclic amines) is 1. The maximum absolute atomic E-state index is 9.19. The van der Waals surface area contributed by atoms with Crippen molar-refractivity contribution in [2.45, 2.75) is 39.7 Å². The van der Waals surface area contributed by atoms with E-state index in [1.54, 1.807) is 0 Å². The summed E-state index contributed by atoms with van der Waals surface area (Å²) in [4.78, 5) is 2.36. The molecule has 0 radical (unpaired) electrons. The summed E-state index contributed by atoms with van der Waals surface area (Å²) in [5.41, 5.74) is 0.523. The smallest absolute Gasteiger partial charge is 0.0639 e. The van der Waals surface area contributed by atoms with E-state index in [9.17, 15) is 5.11 Å². The van der Waals surface area contributed by atoms with Crippen molar-refractivity contribution in [3.05, 3.63) is 0 Å². The van der Waals surface area contributed by atoms with Crippen LogP contribution in [0, 0.1) is 5.41 Å². The largest absolute Gasteiger partial charge is 0.392 e. The SMILES string of the molecule is C[C@H](O)CN1CCC(C)(C)CC1. The van der Waals surface area contributed by atoms with Crippen molar-refractivity contribution in [1.82, 2.24) is 4.90 Å². The molecule has 2 heteroatoms. The zero-order valence-corrected chi connectivity index (χ0v) is 8.51. The topological polar surface area (TPSA) is 23.5 Å². The summed E-state index contributed by atoms with van der Waals surface area (Å²) >= 11 is 0. The van der Waals surface area contributed by atoms with Crippen molar-refractivity contribution in [3.8, 4) is 0 Å². The van der Waals surface area contributed by atoms with E-state index in [-0.39, 0.29) is 6.10 Å². The van der Waals surface area contributed by atoms with Gasteiger partial charge in [0.05, 0.1) is 6.10 Å². The molecule has 1 aliphatic rings. The summed E-state index contributed by atoms with van der Waals surface area (Å²) < 4.78 is 0. The van der Waals surface area contributed by atoms with Crippen molar-refractivity contribution >= 4 is 0 Å². The van der Waals surface area contributed by atoms with Gasteiger partial charge in [-0.2, -0.15) is 0 Å². The Kier molecular flexibility index (Phi) is 3.13. The molecule has 1 saturated heterocycles. The third-order valence-corrected chi connectivity index (χ3v) is 2.73. The Bertz CT molecular complexity index is 133. The van der Waals surface area contributed by atoms with E-state index in [1.807, 2.05) is 6.92 Å². The van der Waals surface area contributed by atoms with Gasteiger partial charge in [-0.25, -0.2) is 0 Å². The molecular weight excluding hydrogens is 150 g/mol. The molecule has 1 fully saturated rings. The van der Waals surface area contributed by atoms with Crippen molar-refractivity contribution in [2.24, 2.45) is 5.41 Å². The normalized spacial score (nSPS) is 27.0. The van der Waals surface area contributed by atoms with E-state index in [4.69, 9.17) is 0 Å². The molecule has 1 rings (SSSR count). The molecule has 0 aromatic carbocycles. The Hall–Kier alpha value is -0.0800. The summed E-state index contributed by atoms with van der Waals surface area (Å²) in [5, 5.41) is 9.19. The number of hydrogen-bond acceptors (Lipinski definition) is 2. The maximum atomic E-state index is 9.19. The lowest BCUT2D eigenvalue weighted by atomic mass is 9.82. The predicted molar refractivity (Wildman–Crippen MR) is 51.1 cm³/mol. The zero-order valence-electron chi connectivity index (χ0n) is 8.51. The lowest BCUT2D eigenvalue weighted by molar-refractivity contribution is 0.0787. The molecule has 0 aliphatic carbocycles. The lowest BCUT2D eigenvalue weighted by Gasteiger charge is -2.37. The van der Waals surface area contributed by atoms with Gasteiger partial charge in [0.2, 0.25) is 0 Å². The Balaban J connectivity index is 2.27. The first-order chi connectivity index (χ1) is 5.49. The molecule has 0 spiro atoms. The highest BCUT2D eigenvalue weighted by molar-refractivity contribution is 4.78. The summed E-state index contributed by atoms with van der Waals surface area (Å²) in [6.07, 6.45) is 2.35. The van der Waals surface area contributed by atoms with Gasteiger partial charge in [-0.05, 0) is 38.3 Å². The maximum Gasteiger partial charge on any atom is 0.0639 e. The van der Waals surface area contributed by atoms with Crippen LogP contribution in [0.4, 0.5) is 0 Å². The Morgan fingerprint density at radius 1 is 1.33 bits per heavy atom. The molecule has 0 aromatic rings. The monoisotopic (exact) mass is 171 g/mol. The van der Waals surface area contributed by atoms with Crippen LogP contribution in [0.3, 0.4) is 0 Å². The van der Waals surface area contributed by atoms with Gasteiger partial charge in [0.15, 0.2) is 0 Å². The highest BCUT2D eigenvalue weighted by Crippen LogP contribution is 2.29. The zero-order chi connectivity index (χ0) is 9.19. The van der Waals surface area contributed by atoms with E-state index in [0.717, 1.165) is 19.6 Å². The molecule has 12 heavy (non-hydrogen) atoms. The highest BCUT2D eigenvalue weighted by Gasteiger charge is 2.25. The van der Waals surface area contributed by atoms with Crippen LogP contribution in [0.2, 0.25) is 0 Å². The van der Waals surface area contributed by atoms with Gasteiger partial charge in [-0.3, -0.25) is 0 Å². The summed E-state index contributed by atoms with van der Waals surface area (Å²) in [6, 6.07) is 0. The molecular formula is C10H21NO. The fraction of sp³-hybridized carbons (Fsp3) is 1.00. The second kappa shape index (κ2) is 3.75. The van der Waals surface area contributed by atoms with Crippen molar-refractivity contribution < 1.29 is 5.11 Å². The standard InChI is InChI=1S/C10H21NO/c1-9(12)8-11-6-4-10(2,3)5-7-11/h9,12H,4-8H2,1-3H3/t9-/m0/s1. The summed E-state index contributed by atoms with van der Waals surface area (Å²) in [5.74, 6) is 0. The highest BCUT2D eigenvalue weighted by atomic mass is 16.3. The first kappa shape index (κ1) is 10.0. The van der Waals surface area contributed by atoms with Gasteiger partial charge in [0.1, 0.15) is 0 Å². The van der Waals surface area contributed by atoms with Crippen LogP contribution in [-0.2, 0) is 0 Å². The number of hydrogen-bond donors (Lipinski definition) is 1. The van der Waals surface area contributed by atoms with Gasteiger partial charge in [-0.1, -0.05) is 13.8 Å². The predicted octanol–water partition coefficient (Wildman–Crippen LogP) is 1.49. The molecule has 0 bridgehead atoms. The van der Waals surface area contributed by atoms with Crippen LogP contribution in [0.15, 0.2) is 0 Å². The minimum atomic E-state index is -0.175. The fourth-order valence-corrected chi connectivity index (χ4v) is 1.71. The first-order valence-corrected chi connectivity index (χ1v) is 4.90. The average Bonchev–Trinajstić information content (AvgIpc) is 1.93. The van der Waals surface area contributed by atoms with E-state index in [0.29, 0.717) is 5.41 Å². The molecule has 1 aliphatic heterocycles. The molecule has 1 heterocycles. The summed E-state index contributed by atoms with van der Waals surface area (Å²) in [7, 11) is 0. The van der Waals surface area contributed by atoms with Crippen molar-refractivity contribution in [1.29, 1.82) is 0 Å². The number of aliphatic hydroxyl groups excluding tert-OH is 1. The van der Waals surface area contributed by atoms with Crippen molar-refractivity contribution in [2.75, 3.05) is 19.6 Å². The van der Waals surface area contributed by atoms with Crippen LogP contribution < -0.4 is 0 Å². The molecule has 0 amide bonds. The minimum Gasteiger partial charge on any atom is -0.392 e. The van der Waals surface area contributed by atoms with Crippen LogP contribution in [0.5, 0.6) is 0 Å². The number of rotatable bonds is 2. The van der Waals surface area contributed by atoms with Crippen LogP contribution in [0.25, 0.3) is 0 Å². The number of β-amino-alcohol motifs (C(OH)–C–C–N with tert-alkyl or cyclic N) is 1.